The molecule has 110 valence electrons. The average molecular weight is 275 g/mol. The van der Waals surface area contributed by atoms with Crippen LogP contribution in [0.4, 0.5) is 0 Å². The van der Waals surface area contributed by atoms with E-state index in [1.54, 1.807) is 0 Å². The molecule has 20 heavy (non-hydrogen) atoms. The molecule has 3 heteroatoms. The second-order valence-electron chi connectivity index (χ2n) is 6.95. The largest absolute Gasteiger partial charge is 0.387 e. The summed E-state index contributed by atoms with van der Waals surface area (Å²) in [6.45, 7) is 8.85. The van der Waals surface area contributed by atoms with Gasteiger partial charge in [0.2, 0.25) is 5.91 Å². The summed E-state index contributed by atoms with van der Waals surface area (Å²) in [5.41, 5.74) is 2.20. The summed E-state index contributed by atoms with van der Waals surface area (Å²) in [6.07, 6.45) is 0.337. The van der Waals surface area contributed by atoms with Crippen LogP contribution in [0, 0.1) is 11.8 Å². The van der Waals surface area contributed by atoms with E-state index in [9.17, 15) is 9.90 Å². The number of aliphatic hydroxyl groups is 1. The minimum absolute atomic E-state index is 0.0721. The van der Waals surface area contributed by atoms with Crippen LogP contribution in [0.25, 0.3) is 0 Å². The van der Waals surface area contributed by atoms with Gasteiger partial charge < -0.3 is 10.4 Å². The molecular weight excluding hydrogens is 250 g/mol. The fourth-order valence-electron chi connectivity index (χ4n) is 2.34. The zero-order valence-corrected chi connectivity index (χ0v) is 12.8. The van der Waals surface area contributed by atoms with Crippen LogP contribution in [-0.2, 0) is 10.2 Å². The summed E-state index contributed by atoms with van der Waals surface area (Å²) in [4.78, 5) is 11.7. The van der Waals surface area contributed by atoms with Crippen molar-refractivity contribution in [3.63, 3.8) is 0 Å². The van der Waals surface area contributed by atoms with Crippen molar-refractivity contribution in [1.82, 2.24) is 5.32 Å². The van der Waals surface area contributed by atoms with Crippen molar-refractivity contribution >= 4 is 5.91 Å². The van der Waals surface area contributed by atoms with Crippen LogP contribution in [-0.4, -0.2) is 17.6 Å². The maximum absolute atomic E-state index is 11.7. The molecule has 0 aromatic heterocycles. The Morgan fingerprint density at radius 1 is 1.35 bits per heavy atom. The van der Waals surface area contributed by atoms with Crippen LogP contribution in [0.1, 0.15) is 51.3 Å². The fourth-order valence-corrected chi connectivity index (χ4v) is 2.34. The monoisotopic (exact) mass is 275 g/mol. The third kappa shape index (κ3) is 3.60. The molecule has 0 spiro atoms. The molecule has 0 saturated heterocycles. The van der Waals surface area contributed by atoms with E-state index < -0.39 is 6.10 Å². The molecule has 3 nitrogen and oxygen atoms in total. The van der Waals surface area contributed by atoms with E-state index in [4.69, 9.17) is 0 Å². The van der Waals surface area contributed by atoms with E-state index in [1.807, 2.05) is 24.3 Å². The fraction of sp³-hybridized carbons (Fsp3) is 0.588. The molecule has 2 N–H and O–H groups in total. The lowest BCUT2D eigenvalue weighted by Crippen LogP contribution is -2.30. The van der Waals surface area contributed by atoms with E-state index in [1.165, 1.54) is 5.56 Å². The smallest absolute Gasteiger partial charge is 0.223 e. The van der Waals surface area contributed by atoms with Gasteiger partial charge in [0.05, 0.1) is 6.10 Å². The number of carbonyl (C=O) groups excluding carboxylic acids is 1. The normalized spacial score (nSPS) is 23.2. The first-order valence-corrected chi connectivity index (χ1v) is 7.35. The molecule has 1 saturated carbocycles. The lowest BCUT2D eigenvalue weighted by atomic mass is 9.86. The van der Waals surface area contributed by atoms with Crippen LogP contribution in [0.2, 0.25) is 0 Å². The molecule has 0 bridgehead atoms. The van der Waals surface area contributed by atoms with E-state index in [0.717, 1.165) is 12.0 Å². The molecular formula is C17H25NO2. The van der Waals surface area contributed by atoms with Crippen molar-refractivity contribution in [2.45, 2.75) is 45.6 Å². The Morgan fingerprint density at radius 2 is 1.90 bits per heavy atom. The third-order valence-corrected chi connectivity index (χ3v) is 4.08. The van der Waals surface area contributed by atoms with Gasteiger partial charge in [0.1, 0.15) is 0 Å². The van der Waals surface area contributed by atoms with E-state index in [-0.39, 0.29) is 23.8 Å². The van der Waals surface area contributed by atoms with Gasteiger partial charge in [-0.3, -0.25) is 4.79 Å². The summed E-state index contributed by atoms with van der Waals surface area (Å²) >= 11 is 0. The minimum atomic E-state index is -0.637. The molecule has 0 heterocycles. The molecule has 0 radical (unpaired) electrons. The summed E-state index contributed by atoms with van der Waals surface area (Å²) in [5, 5.41) is 12.9. The number of benzene rings is 1. The highest BCUT2D eigenvalue weighted by molar-refractivity contribution is 5.81. The Labute approximate surface area is 121 Å². The second-order valence-corrected chi connectivity index (χ2v) is 6.95. The molecule has 1 aliphatic carbocycles. The Hall–Kier alpha value is -1.35. The van der Waals surface area contributed by atoms with Gasteiger partial charge in [-0.15, -0.1) is 0 Å². The number of aliphatic hydroxyl groups excluding tert-OH is 1. The predicted octanol–water partition coefficient (Wildman–Crippen LogP) is 2.79. The predicted molar refractivity (Wildman–Crippen MR) is 80.4 cm³/mol. The highest BCUT2D eigenvalue weighted by atomic mass is 16.3. The molecule has 3 unspecified atom stereocenters. The minimum Gasteiger partial charge on any atom is -0.387 e. The van der Waals surface area contributed by atoms with Crippen LogP contribution in [0.15, 0.2) is 24.3 Å². The van der Waals surface area contributed by atoms with Gasteiger partial charge in [0.15, 0.2) is 0 Å². The quantitative estimate of drug-likeness (QED) is 0.887. The molecule has 1 aliphatic rings. The Morgan fingerprint density at radius 3 is 2.35 bits per heavy atom. The third-order valence-electron chi connectivity index (χ3n) is 4.08. The highest BCUT2D eigenvalue weighted by Crippen LogP contribution is 2.37. The Balaban J connectivity index is 1.89. The first-order valence-electron chi connectivity index (χ1n) is 7.35. The molecule has 3 atom stereocenters. The number of nitrogens with one attached hydrogen (secondary N) is 1. The van der Waals surface area contributed by atoms with Gasteiger partial charge in [-0.1, -0.05) is 52.0 Å². The maximum atomic E-state index is 11.7. The molecule has 1 aromatic carbocycles. The van der Waals surface area contributed by atoms with Gasteiger partial charge in [0.25, 0.3) is 0 Å². The maximum Gasteiger partial charge on any atom is 0.223 e. The Bertz CT molecular complexity index is 473. The molecule has 1 fully saturated rings. The van der Waals surface area contributed by atoms with Crippen molar-refractivity contribution in [2.75, 3.05) is 6.54 Å². The number of hydrogen-bond acceptors (Lipinski definition) is 2. The van der Waals surface area contributed by atoms with Crippen molar-refractivity contribution in [3.05, 3.63) is 35.4 Å². The van der Waals surface area contributed by atoms with E-state index in [2.05, 4.69) is 33.0 Å². The highest BCUT2D eigenvalue weighted by Gasteiger charge is 2.38. The van der Waals surface area contributed by atoms with Gasteiger partial charge >= 0.3 is 0 Å². The summed E-state index contributed by atoms with van der Waals surface area (Å²) in [7, 11) is 0. The lowest BCUT2D eigenvalue weighted by molar-refractivity contribution is -0.123. The van der Waals surface area contributed by atoms with Crippen molar-refractivity contribution in [1.29, 1.82) is 0 Å². The number of amides is 1. The van der Waals surface area contributed by atoms with Gasteiger partial charge in [-0.05, 0) is 28.9 Å². The number of rotatable bonds is 4. The zero-order chi connectivity index (χ0) is 14.9. The number of carbonyl (C=O) groups is 1. The summed E-state index contributed by atoms with van der Waals surface area (Å²) in [6, 6.07) is 7.97. The number of hydrogen-bond donors (Lipinski definition) is 2. The van der Waals surface area contributed by atoms with Crippen LogP contribution in [0.3, 0.4) is 0 Å². The van der Waals surface area contributed by atoms with Crippen molar-refractivity contribution in [3.8, 4) is 0 Å². The van der Waals surface area contributed by atoms with Crippen LogP contribution in [0.5, 0.6) is 0 Å². The Kier molecular flexibility index (Phi) is 4.19. The summed E-state index contributed by atoms with van der Waals surface area (Å²) in [5.74, 6) is 0.728. The molecule has 2 rings (SSSR count). The topological polar surface area (TPSA) is 49.3 Å². The molecule has 1 amide bonds. The van der Waals surface area contributed by atoms with E-state index >= 15 is 0 Å². The van der Waals surface area contributed by atoms with E-state index in [0.29, 0.717) is 5.92 Å². The summed E-state index contributed by atoms with van der Waals surface area (Å²) < 4.78 is 0. The van der Waals surface area contributed by atoms with Gasteiger partial charge in [-0.25, -0.2) is 0 Å². The second kappa shape index (κ2) is 5.57. The van der Waals surface area contributed by atoms with Crippen LogP contribution < -0.4 is 5.32 Å². The average Bonchev–Trinajstić information content (AvgIpc) is 3.12. The lowest BCUT2D eigenvalue weighted by Gasteiger charge is -2.20. The molecule has 0 aliphatic heterocycles. The van der Waals surface area contributed by atoms with Crippen molar-refractivity contribution in [2.24, 2.45) is 11.8 Å². The standard InChI is InChI=1S/C17H25NO2/c1-11-9-14(11)16(20)18-10-15(19)12-5-7-13(8-6-12)17(2,3)4/h5-8,11,14-15,19H,9-10H2,1-4H3,(H,18,20). The zero-order valence-electron chi connectivity index (χ0n) is 12.8. The first-order chi connectivity index (χ1) is 9.29. The van der Waals surface area contributed by atoms with Crippen LogP contribution >= 0.6 is 0 Å². The van der Waals surface area contributed by atoms with Gasteiger partial charge in [-0.2, -0.15) is 0 Å². The van der Waals surface area contributed by atoms with Crippen molar-refractivity contribution < 1.29 is 9.90 Å². The first kappa shape index (κ1) is 15.0. The SMILES string of the molecule is CC1CC1C(=O)NCC(O)c1ccc(C(C)(C)C)cc1. The van der Waals surface area contributed by atoms with Gasteiger partial charge in [0, 0.05) is 12.5 Å². The molecule has 1 aromatic rings.